The standard InChI is InChI=1S/C10H10FN3O3S2/c1-6-12-13-10(18-6)14-19(16,17)9-3-2-7(5-15)4-8(9)11/h2-4,15H,5H2,1H3,(H,13,14). The molecule has 0 atom stereocenters. The van der Waals surface area contributed by atoms with E-state index in [4.69, 9.17) is 5.11 Å². The van der Waals surface area contributed by atoms with E-state index in [2.05, 4.69) is 14.9 Å². The number of halogens is 1. The predicted molar refractivity (Wildman–Crippen MR) is 67.8 cm³/mol. The number of aliphatic hydroxyl groups excluding tert-OH is 1. The number of nitrogens with zero attached hydrogens (tertiary/aromatic N) is 2. The fraction of sp³-hybridized carbons (Fsp3) is 0.200. The highest BCUT2D eigenvalue weighted by Crippen LogP contribution is 2.21. The van der Waals surface area contributed by atoms with Crippen molar-refractivity contribution in [3.8, 4) is 0 Å². The number of hydrogen-bond donors (Lipinski definition) is 2. The molecule has 0 saturated carbocycles. The van der Waals surface area contributed by atoms with Gasteiger partial charge in [-0.15, -0.1) is 10.2 Å². The number of aryl methyl sites for hydroxylation is 1. The highest BCUT2D eigenvalue weighted by molar-refractivity contribution is 7.93. The Balaban J connectivity index is 2.34. The van der Waals surface area contributed by atoms with E-state index < -0.39 is 20.7 Å². The van der Waals surface area contributed by atoms with Crippen LogP contribution in [0.1, 0.15) is 10.6 Å². The molecule has 0 spiro atoms. The Morgan fingerprint density at radius 2 is 2.16 bits per heavy atom. The molecular weight excluding hydrogens is 293 g/mol. The van der Waals surface area contributed by atoms with Crippen LogP contribution in [-0.2, 0) is 16.6 Å². The van der Waals surface area contributed by atoms with Crippen molar-refractivity contribution < 1.29 is 17.9 Å². The van der Waals surface area contributed by atoms with Gasteiger partial charge in [0.2, 0.25) is 5.13 Å². The number of aliphatic hydroxyl groups is 1. The number of benzene rings is 1. The summed E-state index contributed by atoms with van der Waals surface area (Å²) in [5, 5.41) is 16.8. The largest absolute Gasteiger partial charge is 0.392 e. The van der Waals surface area contributed by atoms with Gasteiger partial charge < -0.3 is 5.11 Å². The lowest BCUT2D eigenvalue weighted by atomic mass is 10.2. The van der Waals surface area contributed by atoms with E-state index >= 15 is 0 Å². The van der Waals surface area contributed by atoms with E-state index in [9.17, 15) is 12.8 Å². The van der Waals surface area contributed by atoms with E-state index in [-0.39, 0.29) is 11.7 Å². The van der Waals surface area contributed by atoms with E-state index in [1.54, 1.807) is 6.92 Å². The van der Waals surface area contributed by atoms with E-state index in [1.165, 1.54) is 6.07 Å². The lowest BCUT2D eigenvalue weighted by Crippen LogP contribution is -2.14. The molecule has 6 nitrogen and oxygen atoms in total. The number of hydrogen-bond acceptors (Lipinski definition) is 6. The van der Waals surface area contributed by atoms with Crippen LogP contribution in [0.5, 0.6) is 0 Å². The maximum atomic E-state index is 13.7. The maximum Gasteiger partial charge on any atom is 0.266 e. The van der Waals surface area contributed by atoms with Gasteiger partial charge in [0.25, 0.3) is 10.0 Å². The molecule has 9 heteroatoms. The van der Waals surface area contributed by atoms with Crippen molar-refractivity contribution in [3.63, 3.8) is 0 Å². The first kappa shape index (κ1) is 13.8. The molecule has 0 fully saturated rings. The van der Waals surface area contributed by atoms with Crippen LogP contribution >= 0.6 is 11.3 Å². The second-order valence-electron chi connectivity index (χ2n) is 3.65. The number of anilines is 1. The molecule has 1 heterocycles. The van der Waals surface area contributed by atoms with Crippen LogP contribution in [-0.4, -0.2) is 23.7 Å². The fourth-order valence-corrected chi connectivity index (χ4v) is 3.25. The SMILES string of the molecule is Cc1nnc(NS(=O)(=O)c2ccc(CO)cc2F)s1. The minimum atomic E-state index is -4.05. The van der Waals surface area contributed by atoms with Gasteiger partial charge in [-0.25, -0.2) is 12.8 Å². The summed E-state index contributed by atoms with van der Waals surface area (Å²) in [7, 11) is -4.05. The highest BCUT2D eigenvalue weighted by Gasteiger charge is 2.20. The summed E-state index contributed by atoms with van der Waals surface area (Å²) >= 11 is 1.05. The fourth-order valence-electron chi connectivity index (χ4n) is 1.37. The van der Waals surface area contributed by atoms with Gasteiger partial charge in [0.05, 0.1) is 6.61 Å². The molecule has 0 saturated heterocycles. The third-order valence-corrected chi connectivity index (χ3v) is 4.47. The molecule has 2 aromatic rings. The number of aromatic nitrogens is 2. The molecule has 0 amide bonds. The van der Waals surface area contributed by atoms with Crippen molar-refractivity contribution in [3.05, 3.63) is 34.6 Å². The Kier molecular flexibility index (Phi) is 3.78. The van der Waals surface area contributed by atoms with Gasteiger partial charge in [-0.3, -0.25) is 4.72 Å². The van der Waals surface area contributed by atoms with Crippen molar-refractivity contribution in [2.45, 2.75) is 18.4 Å². The zero-order chi connectivity index (χ0) is 14.0. The van der Waals surface area contributed by atoms with Crippen molar-refractivity contribution in [1.82, 2.24) is 10.2 Å². The first-order valence-corrected chi connectivity index (χ1v) is 7.44. The summed E-state index contributed by atoms with van der Waals surface area (Å²) in [6.07, 6.45) is 0. The smallest absolute Gasteiger partial charge is 0.266 e. The third kappa shape index (κ3) is 3.06. The topological polar surface area (TPSA) is 92.2 Å². The van der Waals surface area contributed by atoms with Gasteiger partial charge in [0, 0.05) is 0 Å². The summed E-state index contributed by atoms with van der Waals surface area (Å²) in [6.45, 7) is 1.31. The Hall–Kier alpha value is -1.58. The average molecular weight is 303 g/mol. The number of nitrogens with one attached hydrogen (secondary N) is 1. The minimum Gasteiger partial charge on any atom is -0.392 e. The van der Waals surface area contributed by atoms with Crippen LogP contribution < -0.4 is 4.72 Å². The Morgan fingerprint density at radius 1 is 1.42 bits per heavy atom. The third-order valence-electron chi connectivity index (χ3n) is 2.22. The van der Waals surface area contributed by atoms with Gasteiger partial charge in [-0.05, 0) is 24.6 Å². The maximum absolute atomic E-state index is 13.7. The van der Waals surface area contributed by atoms with E-state index in [0.717, 1.165) is 23.5 Å². The highest BCUT2D eigenvalue weighted by atomic mass is 32.2. The van der Waals surface area contributed by atoms with Crippen LogP contribution in [0.4, 0.5) is 9.52 Å². The number of sulfonamides is 1. The zero-order valence-corrected chi connectivity index (χ0v) is 11.4. The molecule has 1 aromatic heterocycles. The van der Waals surface area contributed by atoms with Crippen molar-refractivity contribution >= 4 is 26.5 Å². The van der Waals surface area contributed by atoms with Crippen molar-refractivity contribution in [2.24, 2.45) is 0 Å². The molecule has 2 N–H and O–H groups in total. The average Bonchev–Trinajstić information content (AvgIpc) is 2.73. The van der Waals surface area contributed by atoms with Gasteiger partial charge in [-0.2, -0.15) is 0 Å². The Labute approximate surface area is 113 Å². The molecule has 0 aliphatic rings. The van der Waals surface area contributed by atoms with Crippen LogP contribution in [0, 0.1) is 12.7 Å². The molecule has 0 aliphatic carbocycles. The van der Waals surface area contributed by atoms with Gasteiger partial charge in [0.1, 0.15) is 15.7 Å². The summed E-state index contributed by atoms with van der Waals surface area (Å²) < 4.78 is 39.7. The Morgan fingerprint density at radius 3 is 2.68 bits per heavy atom. The quantitative estimate of drug-likeness (QED) is 0.887. The summed E-state index contributed by atoms with van der Waals surface area (Å²) in [5.74, 6) is -0.930. The van der Waals surface area contributed by atoms with Gasteiger partial charge in [0.15, 0.2) is 0 Å². The first-order chi connectivity index (χ1) is 8.92. The molecule has 0 radical (unpaired) electrons. The van der Waals surface area contributed by atoms with Crippen LogP contribution in [0.2, 0.25) is 0 Å². The lowest BCUT2D eigenvalue weighted by Gasteiger charge is -2.06. The van der Waals surface area contributed by atoms with E-state index in [1.807, 2.05) is 0 Å². The molecule has 102 valence electrons. The molecule has 19 heavy (non-hydrogen) atoms. The van der Waals surface area contributed by atoms with Gasteiger partial charge in [-0.1, -0.05) is 17.4 Å². The lowest BCUT2D eigenvalue weighted by molar-refractivity contribution is 0.281. The summed E-state index contributed by atoms with van der Waals surface area (Å²) in [6, 6.07) is 3.40. The molecular formula is C10H10FN3O3S2. The molecule has 0 aliphatic heterocycles. The second-order valence-corrected chi connectivity index (χ2v) is 6.49. The van der Waals surface area contributed by atoms with Gasteiger partial charge >= 0.3 is 0 Å². The normalized spacial score (nSPS) is 11.5. The molecule has 2 rings (SSSR count). The second kappa shape index (κ2) is 5.19. The monoisotopic (exact) mass is 303 g/mol. The molecule has 0 bridgehead atoms. The predicted octanol–water partition coefficient (Wildman–Crippen LogP) is 1.28. The van der Waals surface area contributed by atoms with Crippen LogP contribution in [0.15, 0.2) is 23.1 Å². The van der Waals surface area contributed by atoms with Crippen molar-refractivity contribution in [1.29, 1.82) is 0 Å². The van der Waals surface area contributed by atoms with E-state index in [0.29, 0.717) is 10.6 Å². The molecule has 1 aromatic carbocycles. The minimum absolute atomic E-state index is 0.0723. The summed E-state index contributed by atoms with van der Waals surface area (Å²) in [4.78, 5) is -0.502. The van der Waals surface area contributed by atoms with Crippen LogP contribution in [0.25, 0.3) is 0 Å². The van der Waals surface area contributed by atoms with Crippen molar-refractivity contribution in [2.75, 3.05) is 4.72 Å². The van der Waals surface area contributed by atoms with Crippen LogP contribution in [0.3, 0.4) is 0 Å². The summed E-state index contributed by atoms with van der Waals surface area (Å²) in [5.41, 5.74) is 0.295. The number of rotatable bonds is 4. The Bertz CT molecular complexity index is 700. The first-order valence-electron chi connectivity index (χ1n) is 5.14. The zero-order valence-electron chi connectivity index (χ0n) is 9.79. The molecule has 0 unspecified atom stereocenters.